The Labute approximate surface area is 136 Å². The Morgan fingerprint density at radius 1 is 1.30 bits per heavy atom. The number of carbonyl (C=O) groups excluding carboxylic acids is 1. The van der Waals surface area contributed by atoms with Crippen LogP contribution in [0.15, 0.2) is 30.3 Å². The molecule has 122 valence electrons. The van der Waals surface area contributed by atoms with Crippen LogP contribution in [0.25, 0.3) is 10.8 Å². The lowest BCUT2D eigenvalue weighted by molar-refractivity contribution is 0.0384. The maximum absolute atomic E-state index is 12.0. The van der Waals surface area contributed by atoms with Crippen molar-refractivity contribution in [2.45, 2.75) is 6.42 Å². The number of morpholine rings is 1. The van der Waals surface area contributed by atoms with Crippen molar-refractivity contribution in [3.63, 3.8) is 0 Å². The fraction of sp³-hybridized carbons (Fsp3) is 0.389. The topological polar surface area (TPSA) is 64.8 Å². The molecule has 0 atom stereocenters. The van der Waals surface area contributed by atoms with Crippen LogP contribution in [0.1, 0.15) is 15.9 Å². The summed E-state index contributed by atoms with van der Waals surface area (Å²) in [4.78, 5) is 14.3. The third-order valence-electron chi connectivity index (χ3n) is 4.33. The van der Waals surface area contributed by atoms with Crippen molar-refractivity contribution in [2.75, 3.05) is 40.0 Å². The smallest absolute Gasteiger partial charge is 0.252 e. The van der Waals surface area contributed by atoms with Gasteiger partial charge in [-0.25, -0.2) is 0 Å². The van der Waals surface area contributed by atoms with Crippen molar-refractivity contribution in [1.29, 1.82) is 0 Å². The predicted octanol–water partition coefficient (Wildman–Crippen LogP) is 1.82. The largest absolute Gasteiger partial charge is 0.495 e. The maximum Gasteiger partial charge on any atom is 0.252 e. The van der Waals surface area contributed by atoms with E-state index in [1.807, 2.05) is 24.3 Å². The van der Waals surface area contributed by atoms with Crippen LogP contribution in [0.3, 0.4) is 0 Å². The van der Waals surface area contributed by atoms with Gasteiger partial charge < -0.3 is 15.2 Å². The highest BCUT2D eigenvalue weighted by atomic mass is 16.5. The summed E-state index contributed by atoms with van der Waals surface area (Å²) in [5.41, 5.74) is 7.08. The molecule has 2 aromatic rings. The van der Waals surface area contributed by atoms with Crippen LogP contribution in [0.4, 0.5) is 0 Å². The first-order chi connectivity index (χ1) is 11.2. The number of ether oxygens (including phenoxy) is 2. The molecule has 5 heteroatoms. The Hall–Kier alpha value is -2.11. The second-order valence-electron chi connectivity index (χ2n) is 5.73. The highest BCUT2D eigenvalue weighted by Crippen LogP contribution is 2.32. The predicted molar refractivity (Wildman–Crippen MR) is 90.0 cm³/mol. The fourth-order valence-electron chi connectivity index (χ4n) is 3.15. The number of nitrogens with zero attached hydrogens (tertiary/aromatic N) is 1. The van der Waals surface area contributed by atoms with E-state index in [1.54, 1.807) is 7.11 Å². The lowest BCUT2D eigenvalue weighted by Gasteiger charge is -2.27. The standard InChI is InChI=1S/C18H22N2O3/c1-22-17-15-5-3-2-4-13(15)12-14(16(17)18(19)21)6-7-20-8-10-23-11-9-20/h2-5,12H,6-11H2,1H3,(H2,19,21). The van der Waals surface area contributed by atoms with Gasteiger partial charge in [0.25, 0.3) is 5.91 Å². The third-order valence-corrected chi connectivity index (χ3v) is 4.33. The second-order valence-corrected chi connectivity index (χ2v) is 5.73. The van der Waals surface area contributed by atoms with Gasteiger partial charge in [-0.3, -0.25) is 9.69 Å². The highest BCUT2D eigenvalue weighted by molar-refractivity contribution is 6.04. The minimum absolute atomic E-state index is 0.440. The van der Waals surface area contributed by atoms with Gasteiger partial charge in [0.1, 0.15) is 5.75 Å². The zero-order valence-electron chi connectivity index (χ0n) is 13.4. The molecule has 1 fully saturated rings. The van der Waals surface area contributed by atoms with E-state index in [1.165, 1.54) is 0 Å². The molecule has 0 radical (unpaired) electrons. The molecule has 23 heavy (non-hydrogen) atoms. The Balaban J connectivity index is 1.97. The van der Waals surface area contributed by atoms with E-state index in [0.717, 1.165) is 55.6 Å². The van der Waals surface area contributed by atoms with E-state index >= 15 is 0 Å². The number of fused-ring (bicyclic) bond motifs is 1. The van der Waals surface area contributed by atoms with Gasteiger partial charge >= 0.3 is 0 Å². The zero-order valence-corrected chi connectivity index (χ0v) is 13.4. The summed E-state index contributed by atoms with van der Waals surface area (Å²) in [5.74, 6) is 0.136. The minimum Gasteiger partial charge on any atom is -0.495 e. The average molecular weight is 314 g/mol. The molecule has 0 aliphatic carbocycles. The summed E-state index contributed by atoms with van der Waals surface area (Å²) in [5, 5.41) is 1.98. The van der Waals surface area contributed by atoms with Crippen LogP contribution in [0, 0.1) is 0 Å². The fourth-order valence-corrected chi connectivity index (χ4v) is 3.15. The number of rotatable bonds is 5. The molecular formula is C18H22N2O3. The summed E-state index contributed by atoms with van der Waals surface area (Å²) in [6, 6.07) is 9.95. The molecule has 0 spiro atoms. The summed E-state index contributed by atoms with van der Waals surface area (Å²) < 4.78 is 10.9. The Kier molecular flexibility index (Phi) is 4.79. The van der Waals surface area contributed by atoms with Gasteiger partial charge in [0.05, 0.1) is 25.9 Å². The number of carbonyl (C=O) groups is 1. The van der Waals surface area contributed by atoms with Crippen molar-refractivity contribution in [2.24, 2.45) is 5.73 Å². The summed E-state index contributed by atoms with van der Waals surface area (Å²) in [6.07, 6.45) is 0.763. The van der Waals surface area contributed by atoms with Crippen LogP contribution < -0.4 is 10.5 Å². The summed E-state index contributed by atoms with van der Waals surface area (Å²) in [6.45, 7) is 4.27. The van der Waals surface area contributed by atoms with Crippen molar-refractivity contribution in [3.8, 4) is 5.75 Å². The molecular weight excluding hydrogens is 292 g/mol. The first-order valence-electron chi connectivity index (χ1n) is 7.89. The van der Waals surface area contributed by atoms with E-state index in [0.29, 0.717) is 11.3 Å². The van der Waals surface area contributed by atoms with Gasteiger partial charge in [-0.05, 0) is 17.4 Å². The number of amides is 1. The highest BCUT2D eigenvalue weighted by Gasteiger charge is 2.19. The van der Waals surface area contributed by atoms with E-state index in [2.05, 4.69) is 11.0 Å². The normalized spacial score (nSPS) is 15.7. The van der Waals surface area contributed by atoms with Crippen molar-refractivity contribution >= 4 is 16.7 Å². The number of nitrogens with two attached hydrogens (primary N) is 1. The van der Waals surface area contributed by atoms with Crippen molar-refractivity contribution in [1.82, 2.24) is 4.90 Å². The molecule has 0 bridgehead atoms. The number of primary amides is 1. The average Bonchev–Trinajstić information content (AvgIpc) is 2.59. The molecule has 0 saturated carbocycles. The Morgan fingerprint density at radius 3 is 2.74 bits per heavy atom. The van der Waals surface area contributed by atoms with Gasteiger partial charge in [0.2, 0.25) is 0 Å². The maximum atomic E-state index is 12.0. The first-order valence-corrected chi connectivity index (χ1v) is 7.89. The van der Waals surface area contributed by atoms with E-state index in [-0.39, 0.29) is 0 Å². The molecule has 0 aromatic heterocycles. The molecule has 1 saturated heterocycles. The molecule has 1 heterocycles. The third kappa shape index (κ3) is 3.30. The molecule has 2 N–H and O–H groups in total. The Morgan fingerprint density at radius 2 is 2.04 bits per heavy atom. The molecule has 1 amide bonds. The SMILES string of the molecule is COc1c(C(N)=O)c(CCN2CCOCC2)cc2ccccc12. The molecule has 3 rings (SSSR count). The molecule has 5 nitrogen and oxygen atoms in total. The van der Waals surface area contributed by atoms with Crippen molar-refractivity contribution < 1.29 is 14.3 Å². The second kappa shape index (κ2) is 6.98. The van der Waals surface area contributed by atoms with Crippen LogP contribution >= 0.6 is 0 Å². The van der Waals surface area contributed by atoms with Gasteiger partial charge in [-0.2, -0.15) is 0 Å². The molecule has 0 unspecified atom stereocenters. The van der Waals surface area contributed by atoms with Crippen LogP contribution in [-0.4, -0.2) is 50.8 Å². The van der Waals surface area contributed by atoms with E-state index < -0.39 is 5.91 Å². The molecule has 2 aromatic carbocycles. The van der Waals surface area contributed by atoms with Crippen molar-refractivity contribution in [3.05, 3.63) is 41.5 Å². The van der Waals surface area contributed by atoms with Crippen LogP contribution in [-0.2, 0) is 11.2 Å². The number of hydrogen-bond acceptors (Lipinski definition) is 4. The number of methoxy groups -OCH3 is 1. The van der Waals surface area contributed by atoms with Gasteiger partial charge in [0, 0.05) is 25.0 Å². The van der Waals surface area contributed by atoms with Gasteiger partial charge in [-0.15, -0.1) is 0 Å². The zero-order chi connectivity index (χ0) is 16.2. The quantitative estimate of drug-likeness (QED) is 0.914. The number of benzene rings is 2. The van der Waals surface area contributed by atoms with E-state index in [4.69, 9.17) is 15.2 Å². The Bertz CT molecular complexity index is 709. The van der Waals surface area contributed by atoms with E-state index in [9.17, 15) is 4.79 Å². The first kappa shape index (κ1) is 15.8. The van der Waals surface area contributed by atoms with Gasteiger partial charge in [0.15, 0.2) is 0 Å². The minimum atomic E-state index is -0.440. The summed E-state index contributed by atoms with van der Waals surface area (Å²) in [7, 11) is 1.58. The number of hydrogen-bond donors (Lipinski definition) is 1. The van der Waals surface area contributed by atoms with Crippen LogP contribution in [0.5, 0.6) is 5.75 Å². The summed E-state index contributed by atoms with van der Waals surface area (Å²) >= 11 is 0. The lowest BCUT2D eigenvalue weighted by atomic mass is 9.96. The lowest BCUT2D eigenvalue weighted by Crippen LogP contribution is -2.37. The molecule has 1 aliphatic rings. The monoisotopic (exact) mass is 314 g/mol. The van der Waals surface area contributed by atoms with Gasteiger partial charge in [-0.1, -0.05) is 30.3 Å². The molecule has 1 aliphatic heterocycles. The van der Waals surface area contributed by atoms with Crippen LogP contribution in [0.2, 0.25) is 0 Å².